The second kappa shape index (κ2) is 8.19. The van der Waals surface area contributed by atoms with Crippen LogP contribution in [-0.2, 0) is 0 Å². The lowest BCUT2D eigenvalue weighted by molar-refractivity contribution is 0.0696. The number of H-pyrrole nitrogens is 1. The lowest BCUT2D eigenvalue weighted by Gasteiger charge is -2.32. The van der Waals surface area contributed by atoms with Crippen LogP contribution in [0.3, 0.4) is 0 Å². The van der Waals surface area contributed by atoms with Crippen LogP contribution >= 0.6 is 11.8 Å². The van der Waals surface area contributed by atoms with Gasteiger partial charge in [0, 0.05) is 24.7 Å². The van der Waals surface area contributed by atoms with Crippen LogP contribution in [0.15, 0.2) is 59.9 Å². The van der Waals surface area contributed by atoms with Gasteiger partial charge in [-0.3, -0.25) is 9.36 Å². The first kappa shape index (κ1) is 19.8. The van der Waals surface area contributed by atoms with Crippen LogP contribution in [0.25, 0.3) is 16.7 Å². The number of amides is 1. The molecule has 31 heavy (non-hydrogen) atoms. The number of hydrogen-bond donors (Lipinski definition) is 1. The van der Waals surface area contributed by atoms with Crippen molar-refractivity contribution >= 4 is 28.7 Å². The van der Waals surface area contributed by atoms with Crippen LogP contribution in [0, 0.1) is 5.82 Å². The van der Waals surface area contributed by atoms with E-state index in [-0.39, 0.29) is 17.6 Å². The number of imidazole rings is 2. The van der Waals surface area contributed by atoms with Crippen molar-refractivity contribution in [2.24, 2.45) is 0 Å². The predicted molar refractivity (Wildman–Crippen MR) is 119 cm³/mol. The molecule has 1 N–H and O–H groups in total. The normalized spacial score (nSPS) is 16.7. The molecule has 0 bridgehead atoms. The molecule has 2 aromatic heterocycles. The van der Waals surface area contributed by atoms with E-state index in [1.807, 2.05) is 35.4 Å². The summed E-state index contributed by atoms with van der Waals surface area (Å²) in [6.07, 6.45) is 5.42. The van der Waals surface area contributed by atoms with Crippen molar-refractivity contribution in [3.63, 3.8) is 0 Å². The Hall–Kier alpha value is -3.13. The van der Waals surface area contributed by atoms with E-state index in [1.54, 1.807) is 22.9 Å². The molecule has 8 heteroatoms. The minimum absolute atomic E-state index is 0.0714. The molecule has 3 heterocycles. The Morgan fingerprint density at radius 2 is 2.00 bits per heavy atom. The van der Waals surface area contributed by atoms with Gasteiger partial charge in [0.1, 0.15) is 17.3 Å². The molecule has 6 nitrogen and oxygen atoms in total. The average molecular weight is 436 g/mol. The Balaban J connectivity index is 1.43. The van der Waals surface area contributed by atoms with E-state index in [9.17, 15) is 9.18 Å². The van der Waals surface area contributed by atoms with Crippen molar-refractivity contribution < 1.29 is 9.18 Å². The highest BCUT2D eigenvalue weighted by Gasteiger charge is 2.30. The van der Waals surface area contributed by atoms with E-state index < -0.39 is 0 Å². The molecular weight excluding hydrogens is 413 g/mol. The zero-order valence-electron chi connectivity index (χ0n) is 17.1. The highest BCUT2D eigenvalue weighted by atomic mass is 32.2. The van der Waals surface area contributed by atoms with Crippen LogP contribution in [0.2, 0.25) is 0 Å². The summed E-state index contributed by atoms with van der Waals surface area (Å²) in [6.45, 7) is 1.29. The Kier molecular flexibility index (Phi) is 5.23. The minimum atomic E-state index is -0.313. The second-order valence-corrected chi connectivity index (χ2v) is 8.44. The second-order valence-electron chi connectivity index (χ2n) is 7.67. The number of thioether (sulfide) groups is 1. The fourth-order valence-electron chi connectivity index (χ4n) is 4.18. The standard InChI is InChI=1S/C23H22FN5OS/c1-31-23-25-13-20(29(23)17-10-8-16(24)9-11-17)22(30)28-12-4-5-15(14-28)21-26-18-6-2-3-7-19(18)27-21/h2-3,6-11,13,15H,4-5,12,14H2,1H3,(H,26,27). The summed E-state index contributed by atoms with van der Waals surface area (Å²) < 4.78 is 15.2. The molecular formula is C23H22FN5OS. The van der Waals surface area contributed by atoms with E-state index >= 15 is 0 Å². The van der Waals surface area contributed by atoms with Gasteiger partial charge >= 0.3 is 0 Å². The number of nitrogens with zero attached hydrogens (tertiary/aromatic N) is 4. The fourth-order valence-corrected chi connectivity index (χ4v) is 4.73. The van der Waals surface area contributed by atoms with Gasteiger partial charge in [0.05, 0.1) is 17.2 Å². The quantitative estimate of drug-likeness (QED) is 0.475. The number of aromatic amines is 1. The van der Waals surface area contributed by atoms with Gasteiger partial charge in [0.2, 0.25) is 0 Å². The van der Waals surface area contributed by atoms with Gasteiger partial charge in [-0.05, 0) is 55.5 Å². The molecule has 1 unspecified atom stereocenters. The molecule has 1 saturated heterocycles. The number of nitrogens with one attached hydrogen (secondary N) is 1. The summed E-state index contributed by atoms with van der Waals surface area (Å²) in [7, 11) is 0. The number of likely N-dealkylation sites (tertiary alicyclic amines) is 1. The van der Waals surface area contributed by atoms with Gasteiger partial charge < -0.3 is 9.88 Å². The maximum absolute atomic E-state index is 13.5. The zero-order chi connectivity index (χ0) is 21.4. The van der Waals surface area contributed by atoms with Crippen LogP contribution in [0.1, 0.15) is 35.1 Å². The van der Waals surface area contributed by atoms with E-state index in [4.69, 9.17) is 4.98 Å². The highest BCUT2D eigenvalue weighted by Crippen LogP contribution is 2.29. The number of aromatic nitrogens is 4. The smallest absolute Gasteiger partial charge is 0.272 e. The Bertz CT molecular complexity index is 1200. The van der Waals surface area contributed by atoms with Crippen LogP contribution in [0.5, 0.6) is 0 Å². The first-order valence-corrected chi connectivity index (χ1v) is 11.5. The molecule has 0 saturated carbocycles. The lowest BCUT2D eigenvalue weighted by Crippen LogP contribution is -2.40. The largest absolute Gasteiger partial charge is 0.342 e. The third kappa shape index (κ3) is 3.72. The maximum Gasteiger partial charge on any atom is 0.272 e. The number of rotatable bonds is 4. The zero-order valence-corrected chi connectivity index (χ0v) is 17.9. The first-order chi connectivity index (χ1) is 15.1. The van der Waals surface area contributed by atoms with Crippen molar-refractivity contribution in [2.45, 2.75) is 23.9 Å². The monoisotopic (exact) mass is 435 g/mol. The van der Waals surface area contributed by atoms with Gasteiger partial charge in [-0.2, -0.15) is 0 Å². The lowest BCUT2D eigenvalue weighted by atomic mass is 9.97. The van der Waals surface area contributed by atoms with E-state index in [0.717, 1.165) is 35.4 Å². The van der Waals surface area contributed by atoms with Crippen LogP contribution in [0.4, 0.5) is 4.39 Å². The average Bonchev–Trinajstić information content (AvgIpc) is 3.43. The van der Waals surface area contributed by atoms with Gasteiger partial charge in [-0.1, -0.05) is 23.9 Å². The number of piperidine rings is 1. The molecule has 4 aromatic rings. The third-order valence-corrected chi connectivity index (χ3v) is 6.37. The van der Waals surface area contributed by atoms with Crippen molar-refractivity contribution in [3.05, 3.63) is 72.1 Å². The van der Waals surface area contributed by atoms with E-state index in [0.29, 0.717) is 23.9 Å². The highest BCUT2D eigenvalue weighted by molar-refractivity contribution is 7.98. The SMILES string of the molecule is CSc1ncc(C(=O)N2CCCC(c3nc4ccccc4[nH]3)C2)n1-c1ccc(F)cc1. The Morgan fingerprint density at radius 3 is 2.77 bits per heavy atom. The number of hydrogen-bond acceptors (Lipinski definition) is 4. The first-order valence-electron chi connectivity index (χ1n) is 10.3. The molecule has 5 rings (SSSR count). The molecule has 2 aromatic carbocycles. The molecule has 0 radical (unpaired) electrons. The Labute approximate surface area is 183 Å². The van der Waals surface area contributed by atoms with Gasteiger partial charge in [-0.15, -0.1) is 0 Å². The number of benzene rings is 2. The maximum atomic E-state index is 13.5. The van der Waals surface area contributed by atoms with Crippen LogP contribution in [-0.4, -0.2) is 49.7 Å². The number of fused-ring (bicyclic) bond motifs is 1. The molecule has 158 valence electrons. The predicted octanol–water partition coefficient (Wildman–Crippen LogP) is 4.63. The van der Waals surface area contributed by atoms with E-state index in [2.05, 4.69) is 9.97 Å². The van der Waals surface area contributed by atoms with Crippen molar-refractivity contribution in [1.82, 2.24) is 24.4 Å². The van der Waals surface area contributed by atoms with Crippen molar-refractivity contribution in [2.75, 3.05) is 19.3 Å². The summed E-state index contributed by atoms with van der Waals surface area (Å²) in [5.74, 6) is 0.702. The molecule has 1 atom stereocenters. The molecule has 1 fully saturated rings. The number of para-hydroxylation sites is 2. The summed E-state index contributed by atoms with van der Waals surface area (Å²) in [4.78, 5) is 27.9. The summed E-state index contributed by atoms with van der Waals surface area (Å²) in [5.41, 5.74) is 3.17. The van der Waals surface area contributed by atoms with Gasteiger partial charge in [-0.25, -0.2) is 14.4 Å². The fraction of sp³-hybridized carbons (Fsp3) is 0.261. The Morgan fingerprint density at radius 1 is 1.19 bits per heavy atom. The van der Waals surface area contributed by atoms with Gasteiger partial charge in [0.25, 0.3) is 5.91 Å². The number of carbonyl (C=O) groups excluding carboxylic acids is 1. The number of carbonyl (C=O) groups is 1. The van der Waals surface area contributed by atoms with Crippen molar-refractivity contribution in [1.29, 1.82) is 0 Å². The summed E-state index contributed by atoms with van der Waals surface area (Å²) in [6, 6.07) is 14.1. The number of halogens is 1. The van der Waals surface area contributed by atoms with E-state index in [1.165, 1.54) is 23.9 Å². The van der Waals surface area contributed by atoms with Gasteiger partial charge in [0.15, 0.2) is 5.16 Å². The molecule has 1 aliphatic rings. The molecule has 1 amide bonds. The topological polar surface area (TPSA) is 66.8 Å². The molecule has 1 aliphatic heterocycles. The van der Waals surface area contributed by atoms with Crippen LogP contribution < -0.4 is 0 Å². The molecule has 0 aliphatic carbocycles. The molecule has 0 spiro atoms. The summed E-state index contributed by atoms with van der Waals surface area (Å²) >= 11 is 1.45. The minimum Gasteiger partial charge on any atom is -0.342 e. The van der Waals surface area contributed by atoms with Crippen molar-refractivity contribution in [3.8, 4) is 5.69 Å². The third-order valence-electron chi connectivity index (χ3n) is 5.72. The summed E-state index contributed by atoms with van der Waals surface area (Å²) in [5, 5.41) is 0.695.